The molecule has 0 radical (unpaired) electrons. The van der Waals surface area contributed by atoms with Crippen LogP contribution in [0.1, 0.15) is 54.9 Å². The van der Waals surface area contributed by atoms with E-state index in [0.717, 1.165) is 6.42 Å². The maximum Gasteiger partial charge on any atom is 0.200 e. The Hall–Kier alpha value is -1.30. The third kappa shape index (κ3) is 8.87. The Morgan fingerprint density at radius 2 is 1.59 bits per heavy atom. The summed E-state index contributed by atoms with van der Waals surface area (Å²) in [6.45, 7) is 14.8. The second-order valence-corrected chi connectivity index (χ2v) is 7.51. The van der Waals surface area contributed by atoms with Gasteiger partial charge in [-0.15, -0.1) is 0 Å². The molecule has 6 heteroatoms. The van der Waals surface area contributed by atoms with Crippen molar-refractivity contribution < 1.29 is 0 Å². The Balaban J connectivity index is 5.19. The van der Waals surface area contributed by atoms with Crippen molar-refractivity contribution >= 4 is 11.9 Å². The number of guanidine groups is 2. The van der Waals surface area contributed by atoms with Crippen LogP contribution in [0, 0.1) is 0 Å². The third-order valence-electron chi connectivity index (χ3n) is 3.36. The van der Waals surface area contributed by atoms with Crippen LogP contribution in [0.4, 0.5) is 0 Å². The lowest BCUT2D eigenvalue weighted by molar-refractivity contribution is 0.321. The molecule has 3 N–H and O–H groups in total. The van der Waals surface area contributed by atoms with Gasteiger partial charge in [-0.05, 0) is 62.1 Å². The molecule has 0 aliphatic carbocycles. The van der Waals surface area contributed by atoms with Gasteiger partial charge in [-0.1, -0.05) is 6.92 Å². The molecule has 0 saturated carbocycles. The van der Waals surface area contributed by atoms with Gasteiger partial charge >= 0.3 is 0 Å². The van der Waals surface area contributed by atoms with Gasteiger partial charge in [-0.2, -0.15) is 0 Å². The number of rotatable bonds is 4. The Morgan fingerprint density at radius 1 is 1.05 bits per heavy atom. The minimum Gasteiger partial charge on any atom is -0.351 e. The molecule has 0 aromatic heterocycles. The monoisotopic (exact) mass is 312 g/mol. The largest absolute Gasteiger partial charge is 0.351 e. The summed E-state index contributed by atoms with van der Waals surface area (Å²) in [6, 6.07) is 0. The second kappa shape index (κ2) is 8.36. The molecule has 0 aliphatic rings. The standard InChI is InChI=1S/C16H36N6/c1-11-16(6,7)21-13(17-8)19-14(20-15(3,4)5)18-12(2)22(9)10/h12H,11H2,1-10H3,(H3,17,18,19,20,21). The van der Waals surface area contributed by atoms with E-state index in [0.29, 0.717) is 11.9 Å². The van der Waals surface area contributed by atoms with E-state index in [1.54, 1.807) is 7.05 Å². The van der Waals surface area contributed by atoms with Gasteiger partial charge in [0.25, 0.3) is 0 Å². The summed E-state index contributed by atoms with van der Waals surface area (Å²) in [5.41, 5.74) is -0.112. The fourth-order valence-corrected chi connectivity index (χ4v) is 1.42. The highest BCUT2D eigenvalue weighted by Gasteiger charge is 2.19. The van der Waals surface area contributed by atoms with E-state index >= 15 is 0 Å². The fraction of sp³-hybridized carbons (Fsp3) is 0.875. The van der Waals surface area contributed by atoms with Gasteiger partial charge in [0.1, 0.15) is 6.17 Å². The van der Waals surface area contributed by atoms with Gasteiger partial charge in [0, 0.05) is 18.1 Å². The molecule has 1 atom stereocenters. The maximum atomic E-state index is 4.70. The first-order chi connectivity index (χ1) is 9.90. The van der Waals surface area contributed by atoms with Crippen molar-refractivity contribution in [2.24, 2.45) is 9.98 Å². The van der Waals surface area contributed by atoms with Crippen LogP contribution in [0.25, 0.3) is 0 Å². The molecule has 0 aliphatic heterocycles. The molecule has 0 amide bonds. The van der Waals surface area contributed by atoms with Crippen molar-refractivity contribution in [3.63, 3.8) is 0 Å². The summed E-state index contributed by atoms with van der Waals surface area (Å²) in [5.74, 6) is 1.43. The minimum atomic E-state index is -0.0863. The van der Waals surface area contributed by atoms with Crippen LogP contribution < -0.4 is 16.0 Å². The Labute approximate surface area is 136 Å². The third-order valence-corrected chi connectivity index (χ3v) is 3.36. The first-order valence-electron chi connectivity index (χ1n) is 7.94. The van der Waals surface area contributed by atoms with Crippen molar-refractivity contribution in [3.05, 3.63) is 0 Å². The SMILES string of the molecule is CCC(C)(C)NC(=NC)N/C(=N\C(C)N(C)C)NC(C)(C)C. The van der Waals surface area contributed by atoms with Crippen LogP contribution in [-0.4, -0.2) is 55.2 Å². The van der Waals surface area contributed by atoms with Crippen molar-refractivity contribution in [1.29, 1.82) is 0 Å². The summed E-state index contributed by atoms with van der Waals surface area (Å²) >= 11 is 0. The molecular weight excluding hydrogens is 276 g/mol. The smallest absolute Gasteiger partial charge is 0.200 e. The zero-order chi connectivity index (χ0) is 17.6. The van der Waals surface area contributed by atoms with E-state index in [-0.39, 0.29) is 17.2 Å². The molecule has 130 valence electrons. The van der Waals surface area contributed by atoms with Gasteiger partial charge in [-0.3, -0.25) is 15.2 Å². The number of aliphatic imine (C=N–C) groups is 2. The van der Waals surface area contributed by atoms with Crippen molar-refractivity contribution in [1.82, 2.24) is 20.9 Å². The molecule has 0 aromatic rings. The average Bonchev–Trinajstić information content (AvgIpc) is 2.35. The molecule has 22 heavy (non-hydrogen) atoms. The van der Waals surface area contributed by atoms with Crippen LogP contribution in [0.2, 0.25) is 0 Å². The lowest BCUT2D eigenvalue weighted by atomic mass is 10.0. The van der Waals surface area contributed by atoms with Crippen LogP contribution in [0.5, 0.6) is 0 Å². The summed E-state index contributed by atoms with van der Waals surface area (Å²) in [6.07, 6.45) is 1.07. The molecule has 1 unspecified atom stereocenters. The number of nitrogens with zero attached hydrogens (tertiary/aromatic N) is 3. The van der Waals surface area contributed by atoms with Crippen molar-refractivity contribution in [2.75, 3.05) is 21.1 Å². The van der Waals surface area contributed by atoms with E-state index in [9.17, 15) is 0 Å². The van der Waals surface area contributed by atoms with Gasteiger partial charge in [0.05, 0.1) is 0 Å². The summed E-state index contributed by atoms with van der Waals surface area (Å²) in [5, 5.41) is 10.1. The highest BCUT2D eigenvalue weighted by molar-refractivity contribution is 5.99. The van der Waals surface area contributed by atoms with Crippen LogP contribution >= 0.6 is 0 Å². The Kier molecular flexibility index (Phi) is 7.87. The maximum absolute atomic E-state index is 4.70. The molecule has 0 fully saturated rings. The predicted octanol–water partition coefficient (Wildman–Crippen LogP) is 1.99. The van der Waals surface area contributed by atoms with Gasteiger partial charge in [0.2, 0.25) is 0 Å². The zero-order valence-electron chi connectivity index (χ0n) is 16.1. The van der Waals surface area contributed by atoms with E-state index < -0.39 is 0 Å². The molecule has 0 heterocycles. The first kappa shape index (κ1) is 20.7. The van der Waals surface area contributed by atoms with E-state index in [2.05, 4.69) is 74.3 Å². The summed E-state index contributed by atoms with van der Waals surface area (Å²) in [4.78, 5) is 11.1. The Morgan fingerprint density at radius 3 is 1.95 bits per heavy atom. The first-order valence-corrected chi connectivity index (χ1v) is 7.94. The van der Waals surface area contributed by atoms with Crippen LogP contribution in [0.15, 0.2) is 9.98 Å². The van der Waals surface area contributed by atoms with E-state index in [1.807, 2.05) is 14.1 Å². The normalized spacial score (nSPS) is 15.8. The van der Waals surface area contributed by atoms with Crippen molar-refractivity contribution in [3.8, 4) is 0 Å². The quantitative estimate of drug-likeness (QED) is 0.549. The molecule has 0 saturated heterocycles. The van der Waals surface area contributed by atoms with Gasteiger partial charge < -0.3 is 10.6 Å². The molecular formula is C16H36N6. The number of nitrogens with one attached hydrogen (secondary N) is 3. The number of hydrogen-bond donors (Lipinski definition) is 3. The Bertz CT molecular complexity index is 390. The van der Waals surface area contributed by atoms with Crippen LogP contribution in [0.3, 0.4) is 0 Å². The topological polar surface area (TPSA) is 64.0 Å². The zero-order valence-corrected chi connectivity index (χ0v) is 16.1. The van der Waals surface area contributed by atoms with Crippen LogP contribution in [-0.2, 0) is 0 Å². The lowest BCUT2D eigenvalue weighted by Gasteiger charge is -2.30. The summed E-state index contributed by atoms with van der Waals surface area (Å²) < 4.78 is 0. The molecule has 0 spiro atoms. The average molecular weight is 313 g/mol. The van der Waals surface area contributed by atoms with Crippen molar-refractivity contribution in [2.45, 2.75) is 72.1 Å². The molecule has 0 rings (SSSR count). The van der Waals surface area contributed by atoms with E-state index in [1.165, 1.54) is 0 Å². The van der Waals surface area contributed by atoms with E-state index in [4.69, 9.17) is 4.99 Å². The highest BCUT2D eigenvalue weighted by Crippen LogP contribution is 2.06. The van der Waals surface area contributed by atoms with Gasteiger partial charge in [-0.25, -0.2) is 4.99 Å². The van der Waals surface area contributed by atoms with Gasteiger partial charge in [0.15, 0.2) is 11.9 Å². The minimum absolute atomic E-state index is 0.0259. The second-order valence-electron chi connectivity index (χ2n) is 7.51. The highest BCUT2D eigenvalue weighted by atomic mass is 15.3. The molecule has 6 nitrogen and oxygen atoms in total. The molecule has 0 bridgehead atoms. The number of hydrogen-bond acceptors (Lipinski definition) is 3. The predicted molar refractivity (Wildman–Crippen MR) is 97.5 cm³/mol. The lowest BCUT2D eigenvalue weighted by Crippen LogP contribution is -2.56. The fourth-order valence-electron chi connectivity index (χ4n) is 1.42. The molecule has 0 aromatic carbocycles. The summed E-state index contributed by atoms with van der Waals surface area (Å²) in [7, 11) is 5.79.